The number of halogens is 1. The number of nitrogens with zero attached hydrogens (tertiary/aromatic N) is 1. The number of nitriles is 1. The molecule has 0 spiro atoms. The van der Waals surface area contributed by atoms with Crippen LogP contribution in [0.2, 0.25) is 0 Å². The molecule has 0 amide bonds. The molecule has 0 atom stereocenters. The van der Waals surface area contributed by atoms with Gasteiger partial charge in [-0.25, -0.2) is 4.39 Å². The number of unbranched alkanes of at least 4 members (excludes halogenated alkanes) is 1. The third-order valence-corrected chi connectivity index (χ3v) is 5.27. The Morgan fingerprint density at radius 3 is 2.52 bits per heavy atom. The normalized spacial score (nSPS) is 11.0. The van der Waals surface area contributed by atoms with Gasteiger partial charge in [0.25, 0.3) is 0 Å². The van der Waals surface area contributed by atoms with Gasteiger partial charge in [-0.1, -0.05) is 48.6 Å². The van der Waals surface area contributed by atoms with E-state index in [-0.39, 0.29) is 17.0 Å². The topological polar surface area (TPSA) is 63.2 Å². The highest BCUT2D eigenvalue weighted by atomic mass is 19.1. The Hall–Kier alpha value is -4.17. The SMILES string of the molecule is N#Cc1cc(=O)c2cccc(/C=C/c3ccc(OCCCCc4ccc(F)cc4)cc3)c2o1. The number of aryl methyl sites for hydroxylation is 1. The van der Waals surface area contributed by atoms with Gasteiger partial charge in [0.15, 0.2) is 5.43 Å². The summed E-state index contributed by atoms with van der Waals surface area (Å²) in [5.74, 6) is 0.577. The summed E-state index contributed by atoms with van der Waals surface area (Å²) in [7, 11) is 0. The summed E-state index contributed by atoms with van der Waals surface area (Å²) in [6.07, 6.45) is 6.56. The summed E-state index contributed by atoms with van der Waals surface area (Å²) in [6.45, 7) is 0.618. The lowest BCUT2D eigenvalue weighted by Gasteiger charge is -2.07. The molecule has 0 N–H and O–H groups in total. The van der Waals surface area contributed by atoms with Crippen molar-refractivity contribution in [3.63, 3.8) is 0 Å². The minimum absolute atomic E-state index is 0.00693. The van der Waals surface area contributed by atoms with Gasteiger partial charge < -0.3 is 9.15 Å². The van der Waals surface area contributed by atoms with Crippen molar-refractivity contribution in [3.8, 4) is 11.8 Å². The van der Waals surface area contributed by atoms with Gasteiger partial charge in [0.2, 0.25) is 5.76 Å². The summed E-state index contributed by atoms with van der Waals surface area (Å²) < 4.78 is 24.3. The second kappa shape index (κ2) is 10.4. The summed E-state index contributed by atoms with van der Waals surface area (Å²) in [5, 5.41) is 9.52. The van der Waals surface area contributed by atoms with Crippen molar-refractivity contribution in [1.29, 1.82) is 5.26 Å². The van der Waals surface area contributed by atoms with Crippen molar-refractivity contribution in [3.05, 3.63) is 111 Å². The Balaban J connectivity index is 1.33. The van der Waals surface area contributed by atoms with E-state index in [2.05, 4.69) is 0 Å². The molecule has 0 unspecified atom stereocenters. The Morgan fingerprint density at radius 2 is 1.76 bits per heavy atom. The molecule has 4 aromatic rings. The monoisotopic (exact) mass is 439 g/mol. The van der Waals surface area contributed by atoms with Gasteiger partial charge in [0.05, 0.1) is 12.0 Å². The zero-order valence-corrected chi connectivity index (χ0v) is 18.0. The van der Waals surface area contributed by atoms with E-state index in [1.807, 2.05) is 60.7 Å². The average molecular weight is 439 g/mol. The molecule has 4 rings (SSSR count). The molecule has 0 fully saturated rings. The molecule has 5 heteroatoms. The van der Waals surface area contributed by atoms with Crippen molar-refractivity contribution in [2.24, 2.45) is 0 Å². The van der Waals surface area contributed by atoms with Crippen molar-refractivity contribution in [2.75, 3.05) is 6.61 Å². The number of fused-ring (bicyclic) bond motifs is 1. The van der Waals surface area contributed by atoms with Crippen LogP contribution in [0.1, 0.15) is 35.3 Å². The lowest BCUT2D eigenvalue weighted by molar-refractivity contribution is 0.307. The summed E-state index contributed by atoms with van der Waals surface area (Å²) in [6, 6.07) is 22.7. The Kier molecular flexibility index (Phi) is 6.96. The van der Waals surface area contributed by atoms with E-state index in [0.29, 0.717) is 17.6 Å². The van der Waals surface area contributed by atoms with Crippen LogP contribution in [0.4, 0.5) is 4.39 Å². The minimum Gasteiger partial charge on any atom is -0.494 e. The Morgan fingerprint density at radius 1 is 0.970 bits per heavy atom. The number of ether oxygens (including phenoxy) is 1. The molecule has 0 radical (unpaired) electrons. The molecule has 0 aliphatic rings. The van der Waals surface area contributed by atoms with E-state index >= 15 is 0 Å². The molecule has 1 heterocycles. The first-order valence-electron chi connectivity index (χ1n) is 10.7. The fraction of sp³-hybridized carbons (Fsp3) is 0.143. The molecular weight excluding hydrogens is 417 g/mol. The van der Waals surface area contributed by atoms with Gasteiger partial charge in [-0.15, -0.1) is 0 Å². The molecule has 33 heavy (non-hydrogen) atoms. The second-order valence-corrected chi connectivity index (χ2v) is 7.65. The fourth-order valence-electron chi connectivity index (χ4n) is 3.52. The first-order chi connectivity index (χ1) is 16.1. The maximum atomic E-state index is 12.9. The van der Waals surface area contributed by atoms with E-state index in [9.17, 15) is 9.18 Å². The first-order valence-corrected chi connectivity index (χ1v) is 10.7. The summed E-state index contributed by atoms with van der Waals surface area (Å²) >= 11 is 0. The predicted octanol–water partition coefficient (Wildman–Crippen LogP) is 6.38. The van der Waals surface area contributed by atoms with Crippen LogP contribution in [0.25, 0.3) is 23.1 Å². The minimum atomic E-state index is -0.234. The van der Waals surface area contributed by atoms with Crippen molar-refractivity contribution < 1.29 is 13.5 Å². The number of hydrogen-bond acceptors (Lipinski definition) is 4. The van der Waals surface area contributed by atoms with E-state index in [1.54, 1.807) is 12.1 Å². The highest BCUT2D eigenvalue weighted by Crippen LogP contribution is 2.21. The van der Waals surface area contributed by atoms with Crippen LogP contribution in [0, 0.1) is 17.1 Å². The largest absolute Gasteiger partial charge is 0.494 e. The molecule has 0 bridgehead atoms. The van der Waals surface area contributed by atoms with Crippen LogP contribution in [-0.4, -0.2) is 6.61 Å². The quantitative estimate of drug-likeness (QED) is 0.236. The summed E-state index contributed by atoms with van der Waals surface area (Å²) in [5.41, 5.74) is 2.99. The molecule has 4 nitrogen and oxygen atoms in total. The zero-order chi connectivity index (χ0) is 23.0. The molecule has 0 saturated heterocycles. The van der Waals surface area contributed by atoms with Crippen LogP contribution >= 0.6 is 0 Å². The molecule has 0 saturated carbocycles. The van der Waals surface area contributed by atoms with Crippen LogP contribution < -0.4 is 10.2 Å². The lowest BCUT2D eigenvalue weighted by Crippen LogP contribution is -2.01. The molecular formula is C28H22FNO3. The second-order valence-electron chi connectivity index (χ2n) is 7.65. The standard InChI is InChI=1S/C28H22FNO3/c29-23-13-8-20(9-14-23)4-1-2-17-32-24-15-10-21(11-16-24)7-12-22-5-3-6-26-27(31)18-25(19-30)33-28(22)26/h3,5-16,18H,1-2,4,17H2/b12-7+. The number of para-hydroxylation sites is 1. The van der Waals surface area contributed by atoms with Gasteiger partial charge in [-0.05, 0) is 60.7 Å². The maximum absolute atomic E-state index is 12.9. The molecule has 164 valence electrons. The molecule has 1 aromatic heterocycles. The van der Waals surface area contributed by atoms with Gasteiger partial charge in [0, 0.05) is 11.6 Å². The van der Waals surface area contributed by atoms with Crippen LogP contribution in [0.5, 0.6) is 5.75 Å². The first kappa shape index (κ1) is 22.0. The Bertz CT molecular complexity index is 1360. The van der Waals surface area contributed by atoms with Crippen LogP contribution in [0.15, 0.2) is 82.0 Å². The third-order valence-electron chi connectivity index (χ3n) is 5.27. The van der Waals surface area contributed by atoms with Crippen LogP contribution in [-0.2, 0) is 6.42 Å². The Labute approximate surface area is 191 Å². The predicted molar refractivity (Wildman–Crippen MR) is 127 cm³/mol. The molecule has 0 aliphatic heterocycles. The lowest BCUT2D eigenvalue weighted by atomic mass is 10.1. The number of benzene rings is 3. The highest BCUT2D eigenvalue weighted by Gasteiger charge is 2.07. The van der Waals surface area contributed by atoms with Crippen molar-refractivity contribution in [2.45, 2.75) is 19.3 Å². The molecule has 0 aliphatic carbocycles. The maximum Gasteiger partial charge on any atom is 0.208 e. The third kappa shape index (κ3) is 5.75. The smallest absolute Gasteiger partial charge is 0.208 e. The number of rotatable bonds is 8. The van der Waals surface area contributed by atoms with Gasteiger partial charge in [-0.2, -0.15) is 5.26 Å². The average Bonchev–Trinajstić information content (AvgIpc) is 2.84. The zero-order valence-electron chi connectivity index (χ0n) is 18.0. The van der Waals surface area contributed by atoms with Gasteiger partial charge >= 0.3 is 0 Å². The van der Waals surface area contributed by atoms with E-state index in [0.717, 1.165) is 41.7 Å². The van der Waals surface area contributed by atoms with Crippen LogP contribution in [0.3, 0.4) is 0 Å². The van der Waals surface area contributed by atoms with Gasteiger partial charge in [-0.3, -0.25) is 4.79 Å². The number of hydrogen-bond donors (Lipinski definition) is 0. The van der Waals surface area contributed by atoms with Gasteiger partial charge in [0.1, 0.15) is 23.2 Å². The molecule has 3 aromatic carbocycles. The highest BCUT2D eigenvalue weighted by molar-refractivity contribution is 5.88. The van der Waals surface area contributed by atoms with E-state index < -0.39 is 0 Å². The van der Waals surface area contributed by atoms with E-state index in [1.165, 1.54) is 18.2 Å². The van der Waals surface area contributed by atoms with Crippen molar-refractivity contribution >= 4 is 23.1 Å². The van der Waals surface area contributed by atoms with E-state index in [4.69, 9.17) is 14.4 Å². The summed E-state index contributed by atoms with van der Waals surface area (Å²) in [4.78, 5) is 12.2. The fourth-order valence-corrected chi connectivity index (χ4v) is 3.52. The van der Waals surface area contributed by atoms with Crippen molar-refractivity contribution in [1.82, 2.24) is 0 Å².